The van der Waals surface area contributed by atoms with E-state index >= 15 is 0 Å². The van der Waals surface area contributed by atoms with Crippen LogP contribution in [0.1, 0.15) is 10.4 Å². The van der Waals surface area contributed by atoms with Gasteiger partial charge in [-0.05, 0) is 30.3 Å². The van der Waals surface area contributed by atoms with Gasteiger partial charge in [-0.25, -0.2) is 0 Å². The van der Waals surface area contributed by atoms with Crippen LogP contribution in [0.2, 0.25) is 0 Å². The SMILES string of the molecule is O=C(CNC(=O)c1cccc(Br)c1)Nc1cccnc1. The molecule has 1 aromatic heterocycles. The zero-order chi connectivity index (χ0) is 14.4. The number of benzene rings is 1. The summed E-state index contributed by atoms with van der Waals surface area (Å²) < 4.78 is 0.810. The molecule has 0 aliphatic rings. The highest BCUT2D eigenvalue weighted by Crippen LogP contribution is 2.11. The third-order valence-corrected chi connectivity index (χ3v) is 2.93. The maximum absolute atomic E-state index is 11.8. The molecule has 0 aliphatic carbocycles. The van der Waals surface area contributed by atoms with Gasteiger partial charge < -0.3 is 10.6 Å². The van der Waals surface area contributed by atoms with E-state index in [1.54, 1.807) is 36.5 Å². The fraction of sp³-hybridized carbons (Fsp3) is 0.0714. The number of pyridine rings is 1. The van der Waals surface area contributed by atoms with E-state index in [4.69, 9.17) is 0 Å². The third-order valence-electron chi connectivity index (χ3n) is 2.44. The summed E-state index contributed by atoms with van der Waals surface area (Å²) in [5.74, 6) is -0.603. The van der Waals surface area contributed by atoms with Gasteiger partial charge in [0.1, 0.15) is 0 Å². The van der Waals surface area contributed by atoms with Crippen LogP contribution in [-0.4, -0.2) is 23.3 Å². The molecule has 0 fully saturated rings. The largest absolute Gasteiger partial charge is 0.343 e. The van der Waals surface area contributed by atoms with Gasteiger partial charge in [-0.3, -0.25) is 14.6 Å². The lowest BCUT2D eigenvalue weighted by Gasteiger charge is -2.06. The molecule has 0 radical (unpaired) electrons. The number of amides is 2. The van der Waals surface area contributed by atoms with Crippen molar-refractivity contribution in [3.8, 4) is 0 Å². The van der Waals surface area contributed by atoms with Crippen LogP contribution >= 0.6 is 15.9 Å². The quantitative estimate of drug-likeness (QED) is 0.901. The van der Waals surface area contributed by atoms with E-state index in [-0.39, 0.29) is 18.4 Å². The Kier molecular flexibility index (Phi) is 4.84. The molecule has 0 bridgehead atoms. The first-order chi connectivity index (χ1) is 9.65. The van der Waals surface area contributed by atoms with Gasteiger partial charge in [0.2, 0.25) is 5.91 Å². The molecule has 0 aliphatic heterocycles. The van der Waals surface area contributed by atoms with Gasteiger partial charge in [0, 0.05) is 16.2 Å². The first-order valence-corrected chi connectivity index (χ1v) is 6.68. The van der Waals surface area contributed by atoms with Gasteiger partial charge in [0.05, 0.1) is 18.4 Å². The molecule has 6 heteroatoms. The van der Waals surface area contributed by atoms with Crippen molar-refractivity contribution >= 4 is 33.4 Å². The lowest BCUT2D eigenvalue weighted by molar-refractivity contribution is -0.115. The second-order valence-electron chi connectivity index (χ2n) is 3.98. The average molecular weight is 334 g/mol. The van der Waals surface area contributed by atoms with Crippen LogP contribution in [-0.2, 0) is 4.79 Å². The highest BCUT2D eigenvalue weighted by atomic mass is 79.9. The van der Waals surface area contributed by atoms with Gasteiger partial charge in [-0.1, -0.05) is 22.0 Å². The monoisotopic (exact) mass is 333 g/mol. The van der Waals surface area contributed by atoms with Crippen molar-refractivity contribution < 1.29 is 9.59 Å². The van der Waals surface area contributed by atoms with Gasteiger partial charge in [0.25, 0.3) is 5.91 Å². The molecule has 2 aromatic rings. The molecule has 102 valence electrons. The summed E-state index contributed by atoms with van der Waals surface area (Å²) in [4.78, 5) is 27.4. The van der Waals surface area contributed by atoms with Gasteiger partial charge >= 0.3 is 0 Å². The molecular weight excluding hydrogens is 322 g/mol. The van der Waals surface area contributed by atoms with Crippen LogP contribution in [0.25, 0.3) is 0 Å². The standard InChI is InChI=1S/C14H12BrN3O2/c15-11-4-1-3-10(7-11)14(20)17-9-13(19)18-12-5-2-6-16-8-12/h1-8H,9H2,(H,17,20)(H,18,19). The number of carbonyl (C=O) groups excluding carboxylic acids is 2. The molecule has 0 saturated heterocycles. The Labute approximate surface area is 124 Å². The van der Waals surface area contributed by atoms with Crippen LogP contribution < -0.4 is 10.6 Å². The highest BCUT2D eigenvalue weighted by Gasteiger charge is 2.08. The Morgan fingerprint density at radius 2 is 2.05 bits per heavy atom. The molecule has 0 atom stereocenters. The summed E-state index contributed by atoms with van der Waals surface area (Å²) in [5, 5.41) is 5.19. The summed E-state index contributed by atoms with van der Waals surface area (Å²) in [7, 11) is 0. The smallest absolute Gasteiger partial charge is 0.251 e. The molecule has 1 heterocycles. The Hall–Kier alpha value is -2.21. The summed E-state index contributed by atoms with van der Waals surface area (Å²) in [6.07, 6.45) is 3.15. The number of hydrogen-bond acceptors (Lipinski definition) is 3. The van der Waals surface area contributed by atoms with Crippen LogP contribution in [0.5, 0.6) is 0 Å². The first kappa shape index (κ1) is 14.2. The first-order valence-electron chi connectivity index (χ1n) is 5.89. The second kappa shape index (κ2) is 6.81. The van der Waals surface area contributed by atoms with Crippen molar-refractivity contribution in [2.45, 2.75) is 0 Å². The van der Waals surface area contributed by atoms with E-state index in [0.29, 0.717) is 11.3 Å². The number of halogens is 1. The maximum atomic E-state index is 11.8. The Bertz CT molecular complexity index is 617. The Morgan fingerprint density at radius 1 is 1.20 bits per heavy atom. The number of carbonyl (C=O) groups is 2. The maximum Gasteiger partial charge on any atom is 0.251 e. The number of aromatic nitrogens is 1. The average Bonchev–Trinajstić information content (AvgIpc) is 2.46. The van der Waals surface area contributed by atoms with Crippen molar-refractivity contribution in [3.63, 3.8) is 0 Å². The van der Waals surface area contributed by atoms with Crippen molar-refractivity contribution in [1.82, 2.24) is 10.3 Å². The van der Waals surface area contributed by atoms with Crippen LogP contribution in [0.15, 0.2) is 53.3 Å². The predicted octanol–water partition coefficient (Wildman–Crippen LogP) is 2.21. The van der Waals surface area contributed by atoms with Crippen molar-refractivity contribution in [2.24, 2.45) is 0 Å². The second-order valence-corrected chi connectivity index (χ2v) is 4.90. The minimum absolute atomic E-state index is 0.0970. The van der Waals surface area contributed by atoms with Gasteiger partial charge in [-0.2, -0.15) is 0 Å². The van der Waals surface area contributed by atoms with Crippen LogP contribution in [0.4, 0.5) is 5.69 Å². The summed E-state index contributed by atoms with van der Waals surface area (Å²) in [6.45, 7) is -0.0970. The molecule has 1 aromatic carbocycles. The predicted molar refractivity (Wildman–Crippen MR) is 79.3 cm³/mol. The van der Waals surface area contributed by atoms with E-state index in [0.717, 1.165) is 4.47 Å². The number of anilines is 1. The molecule has 2 amide bonds. The normalized spacial score (nSPS) is 9.85. The number of rotatable bonds is 4. The zero-order valence-electron chi connectivity index (χ0n) is 10.5. The van der Waals surface area contributed by atoms with E-state index in [9.17, 15) is 9.59 Å². The van der Waals surface area contributed by atoms with Gasteiger partial charge in [0.15, 0.2) is 0 Å². The zero-order valence-corrected chi connectivity index (χ0v) is 12.1. The summed E-state index contributed by atoms with van der Waals surface area (Å²) in [6, 6.07) is 10.4. The van der Waals surface area contributed by atoms with Crippen LogP contribution in [0, 0.1) is 0 Å². The molecule has 2 rings (SSSR count). The fourth-order valence-electron chi connectivity index (χ4n) is 1.53. The summed E-state index contributed by atoms with van der Waals surface area (Å²) >= 11 is 3.29. The molecule has 20 heavy (non-hydrogen) atoms. The molecule has 0 spiro atoms. The molecule has 5 nitrogen and oxygen atoms in total. The molecule has 0 saturated carbocycles. The van der Waals surface area contributed by atoms with Crippen molar-refractivity contribution in [1.29, 1.82) is 0 Å². The summed E-state index contributed by atoms with van der Waals surface area (Å²) in [5.41, 5.74) is 1.09. The minimum Gasteiger partial charge on any atom is -0.343 e. The molecular formula is C14H12BrN3O2. The highest BCUT2D eigenvalue weighted by molar-refractivity contribution is 9.10. The Morgan fingerprint density at radius 3 is 2.75 bits per heavy atom. The molecule has 2 N–H and O–H groups in total. The van der Waals surface area contributed by atoms with Gasteiger partial charge in [-0.15, -0.1) is 0 Å². The number of nitrogens with zero attached hydrogens (tertiary/aromatic N) is 1. The van der Waals surface area contributed by atoms with Crippen LogP contribution in [0.3, 0.4) is 0 Å². The van der Waals surface area contributed by atoms with Crippen molar-refractivity contribution in [2.75, 3.05) is 11.9 Å². The lowest BCUT2D eigenvalue weighted by Crippen LogP contribution is -2.32. The van der Waals surface area contributed by atoms with E-state index in [2.05, 4.69) is 31.5 Å². The topological polar surface area (TPSA) is 71.1 Å². The third kappa shape index (κ3) is 4.17. The number of hydrogen-bond donors (Lipinski definition) is 2. The lowest BCUT2D eigenvalue weighted by atomic mass is 10.2. The van der Waals surface area contributed by atoms with E-state index in [1.807, 2.05) is 6.07 Å². The molecule has 0 unspecified atom stereocenters. The van der Waals surface area contributed by atoms with E-state index in [1.165, 1.54) is 6.20 Å². The van der Waals surface area contributed by atoms with E-state index < -0.39 is 0 Å². The fourth-order valence-corrected chi connectivity index (χ4v) is 1.93. The Balaban J connectivity index is 1.86. The minimum atomic E-state index is -0.304. The van der Waals surface area contributed by atoms with Crippen molar-refractivity contribution in [3.05, 3.63) is 58.8 Å². The number of nitrogens with one attached hydrogen (secondary N) is 2.